The van der Waals surface area contributed by atoms with Crippen molar-refractivity contribution in [1.29, 1.82) is 5.41 Å². The van der Waals surface area contributed by atoms with E-state index in [-0.39, 0.29) is 5.96 Å². The number of thioether (sulfide) groups is 1. The number of nitrogens with two attached hydrogens (primary N) is 1. The van der Waals surface area contributed by atoms with Gasteiger partial charge in [-0.15, -0.1) is 0 Å². The average molecular weight is 296 g/mol. The van der Waals surface area contributed by atoms with Crippen molar-refractivity contribution in [2.45, 2.75) is 25.5 Å². The molecule has 0 unspecified atom stereocenters. The van der Waals surface area contributed by atoms with E-state index in [2.05, 4.69) is 11.9 Å². The highest BCUT2D eigenvalue weighted by Gasteiger charge is 2.07. The molecular weight excluding hydrogens is 272 g/mol. The number of nitrogens with zero attached hydrogens (tertiary/aromatic N) is 2. The molecule has 0 saturated heterocycles. The van der Waals surface area contributed by atoms with E-state index in [9.17, 15) is 0 Å². The van der Waals surface area contributed by atoms with E-state index in [0.717, 1.165) is 48.9 Å². The van der Waals surface area contributed by atoms with Crippen LogP contribution in [0, 0.1) is 5.41 Å². The largest absolute Gasteiger partial charge is 0.495 e. The Morgan fingerprint density at radius 1 is 1.50 bits per heavy atom. The second-order valence-electron chi connectivity index (χ2n) is 4.43. The van der Waals surface area contributed by atoms with Crippen molar-refractivity contribution in [3.05, 3.63) is 24.0 Å². The van der Waals surface area contributed by atoms with Gasteiger partial charge in [0.05, 0.1) is 12.8 Å². The lowest BCUT2D eigenvalue weighted by Crippen LogP contribution is -2.38. The first-order valence-corrected chi connectivity index (χ1v) is 7.99. The normalized spacial score (nSPS) is 10.3. The fourth-order valence-corrected chi connectivity index (χ4v) is 2.67. The van der Waals surface area contributed by atoms with E-state index in [1.165, 1.54) is 0 Å². The number of pyridine rings is 1. The summed E-state index contributed by atoms with van der Waals surface area (Å²) in [6, 6.07) is 3.79. The summed E-state index contributed by atoms with van der Waals surface area (Å²) in [6.07, 6.45) is 3.96. The Bertz CT molecular complexity index is 414. The van der Waals surface area contributed by atoms with E-state index in [0.29, 0.717) is 0 Å². The van der Waals surface area contributed by atoms with Crippen molar-refractivity contribution in [1.82, 2.24) is 9.88 Å². The number of hydrogen-bond acceptors (Lipinski definition) is 4. The zero-order chi connectivity index (χ0) is 14.8. The molecule has 0 bridgehead atoms. The number of aromatic nitrogens is 1. The van der Waals surface area contributed by atoms with Gasteiger partial charge in [-0.25, -0.2) is 0 Å². The number of nitrogens with one attached hydrogen (secondary N) is 1. The highest BCUT2D eigenvalue weighted by molar-refractivity contribution is 7.98. The lowest BCUT2D eigenvalue weighted by Gasteiger charge is -2.22. The molecule has 0 saturated carbocycles. The van der Waals surface area contributed by atoms with Crippen LogP contribution in [-0.4, -0.2) is 41.8 Å². The van der Waals surface area contributed by atoms with Crippen molar-refractivity contribution in [2.24, 2.45) is 5.73 Å². The molecule has 0 atom stereocenters. The van der Waals surface area contributed by atoms with Gasteiger partial charge in [0, 0.05) is 30.8 Å². The fourth-order valence-electron chi connectivity index (χ4n) is 1.76. The molecule has 1 rings (SSSR count). The van der Waals surface area contributed by atoms with Crippen molar-refractivity contribution in [3.8, 4) is 5.75 Å². The fraction of sp³-hybridized carbons (Fsp3) is 0.571. The van der Waals surface area contributed by atoms with Gasteiger partial charge in [0.1, 0.15) is 5.75 Å². The average Bonchev–Trinajstić information content (AvgIpc) is 2.46. The summed E-state index contributed by atoms with van der Waals surface area (Å²) in [4.78, 5) is 6.25. The first-order valence-electron chi connectivity index (χ1n) is 6.83. The van der Waals surface area contributed by atoms with Crippen molar-refractivity contribution in [3.63, 3.8) is 0 Å². The third kappa shape index (κ3) is 5.69. The van der Waals surface area contributed by atoms with Crippen LogP contribution in [0.1, 0.15) is 25.5 Å². The van der Waals surface area contributed by atoms with Crippen LogP contribution in [0.3, 0.4) is 0 Å². The number of ether oxygens (including phenoxy) is 1. The summed E-state index contributed by atoms with van der Waals surface area (Å²) in [5.41, 5.74) is 6.55. The van der Waals surface area contributed by atoms with Crippen LogP contribution in [0.2, 0.25) is 0 Å². The molecule has 0 amide bonds. The molecular formula is C14H24N4OS. The second-order valence-corrected chi connectivity index (χ2v) is 5.54. The minimum absolute atomic E-state index is 0.162. The maximum Gasteiger partial charge on any atom is 0.188 e. The van der Waals surface area contributed by atoms with Crippen LogP contribution in [0.4, 0.5) is 0 Å². The summed E-state index contributed by atoms with van der Waals surface area (Å²) in [5.74, 6) is 2.72. The quantitative estimate of drug-likeness (QED) is 0.415. The first kappa shape index (κ1) is 16.6. The summed E-state index contributed by atoms with van der Waals surface area (Å²) < 4.78 is 5.27. The highest BCUT2D eigenvalue weighted by atomic mass is 32.2. The predicted octanol–water partition coefficient (Wildman–Crippen LogP) is 2.32. The Labute approximate surface area is 125 Å². The van der Waals surface area contributed by atoms with Gasteiger partial charge < -0.3 is 15.4 Å². The van der Waals surface area contributed by atoms with Gasteiger partial charge in [-0.05, 0) is 18.6 Å². The smallest absolute Gasteiger partial charge is 0.188 e. The van der Waals surface area contributed by atoms with Crippen molar-refractivity contribution in [2.75, 3.05) is 26.0 Å². The van der Waals surface area contributed by atoms with Crippen LogP contribution >= 0.6 is 11.8 Å². The lowest BCUT2D eigenvalue weighted by molar-refractivity contribution is 0.408. The van der Waals surface area contributed by atoms with Gasteiger partial charge >= 0.3 is 0 Å². The third-order valence-electron chi connectivity index (χ3n) is 2.93. The molecule has 112 valence electrons. The number of methoxy groups -OCH3 is 1. The Morgan fingerprint density at radius 3 is 2.95 bits per heavy atom. The predicted molar refractivity (Wildman–Crippen MR) is 85.3 cm³/mol. The van der Waals surface area contributed by atoms with Gasteiger partial charge in [0.2, 0.25) is 0 Å². The molecule has 1 aromatic heterocycles. The Balaban J connectivity index is 2.34. The van der Waals surface area contributed by atoms with Crippen LogP contribution in [0.5, 0.6) is 5.75 Å². The zero-order valence-corrected chi connectivity index (χ0v) is 13.1. The Kier molecular flexibility index (Phi) is 7.87. The Morgan fingerprint density at radius 2 is 2.30 bits per heavy atom. The summed E-state index contributed by atoms with van der Waals surface area (Å²) in [7, 11) is 1.66. The topological polar surface area (TPSA) is 75.2 Å². The summed E-state index contributed by atoms with van der Waals surface area (Å²) in [5, 5.41) is 7.56. The zero-order valence-electron chi connectivity index (χ0n) is 12.3. The van der Waals surface area contributed by atoms with Gasteiger partial charge in [0.25, 0.3) is 0 Å². The molecule has 1 heterocycles. The number of unbranched alkanes of at least 4 members (excludes halogenated alkanes) is 1. The van der Waals surface area contributed by atoms with Crippen molar-refractivity contribution >= 4 is 17.7 Å². The lowest BCUT2D eigenvalue weighted by atomic mass is 10.3. The molecule has 0 aliphatic heterocycles. The number of rotatable bonds is 9. The van der Waals surface area contributed by atoms with E-state index in [1.54, 1.807) is 25.1 Å². The molecule has 0 aliphatic rings. The molecule has 5 nitrogen and oxygen atoms in total. The molecule has 20 heavy (non-hydrogen) atoms. The van der Waals surface area contributed by atoms with Crippen molar-refractivity contribution < 1.29 is 4.74 Å². The Hall–Kier alpha value is -1.43. The standard InChI is InChI=1S/C14H24N4OS/c1-3-4-8-18(14(15)16)9-10-20-11-12-13(19-2)6-5-7-17-12/h5-7H,3-4,8-11H2,1-2H3,(H3,15,16). The molecule has 0 aromatic carbocycles. The van der Waals surface area contributed by atoms with E-state index < -0.39 is 0 Å². The molecule has 1 aromatic rings. The van der Waals surface area contributed by atoms with Crippen LogP contribution in [0.25, 0.3) is 0 Å². The third-order valence-corrected chi connectivity index (χ3v) is 3.88. The number of hydrogen-bond donors (Lipinski definition) is 2. The maximum atomic E-state index is 7.56. The molecule has 0 radical (unpaired) electrons. The molecule has 0 fully saturated rings. The molecule has 0 aliphatic carbocycles. The minimum Gasteiger partial charge on any atom is -0.495 e. The van der Waals surface area contributed by atoms with E-state index in [4.69, 9.17) is 15.9 Å². The monoisotopic (exact) mass is 296 g/mol. The van der Waals surface area contributed by atoms with E-state index >= 15 is 0 Å². The van der Waals surface area contributed by atoms with Gasteiger partial charge in [-0.1, -0.05) is 13.3 Å². The minimum atomic E-state index is 0.162. The van der Waals surface area contributed by atoms with E-state index in [1.807, 2.05) is 17.0 Å². The number of guanidine groups is 1. The highest BCUT2D eigenvalue weighted by Crippen LogP contribution is 2.20. The summed E-state index contributed by atoms with van der Waals surface area (Å²) >= 11 is 1.78. The summed E-state index contributed by atoms with van der Waals surface area (Å²) in [6.45, 7) is 3.80. The van der Waals surface area contributed by atoms with Gasteiger partial charge in [-0.3, -0.25) is 10.4 Å². The molecule has 0 spiro atoms. The van der Waals surface area contributed by atoms with Gasteiger partial charge in [0.15, 0.2) is 5.96 Å². The molecule has 6 heteroatoms. The van der Waals surface area contributed by atoms with Crippen LogP contribution in [-0.2, 0) is 5.75 Å². The maximum absolute atomic E-state index is 7.56. The second kappa shape index (κ2) is 9.47. The van der Waals surface area contributed by atoms with Gasteiger partial charge in [-0.2, -0.15) is 11.8 Å². The van der Waals surface area contributed by atoms with Crippen LogP contribution in [0.15, 0.2) is 18.3 Å². The SMILES string of the molecule is CCCCN(CCSCc1ncccc1OC)C(=N)N. The first-order chi connectivity index (χ1) is 9.69. The molecule has 3 N–H and O–H groups in total. The van der Waals surface area contributed by atoms with Crippen LogP contribution < -0.4 is 10.5 Å².